The van der Waals surface area contributed by atoms with Crippen LogP contribution in [0.4, 0.5) is 11.4 Å². The van der Waals surface area contributed by atoms with E-state index in [1.807, 2.05) is 6.20 Å². The fourth-order valence-corrected chi connectivity index (χ4v) is 8.82. The number of para-hydroxylation sites is 1. The first-order valence-electron chi connectivity index (χ1n) is 23.8. The maximum absolute atomic E-state index is 13.3. The second-order valence-corrected chi connectivity index (χ2v) is 17.1. The number of nitrogens with zero attached hydrogens (tertiary/aromatic N) is 3. The van der Waals surface area contributed by atoms with Crippen LogP contribution in [-0.2, 0) is 44.4 Å². The third kappa shape index (κ3) is 14.2. The van der Waals surface area contributed by atoms with Crippen LogP contribution in [0.25, 0.3) is 0 Å². The molecule has 1 unspecified atom stereocenters. The van der Waals surface area contributed by atoms with Crippen molar-refractivity contribution in [3.8, 4) is 5.75 Å². The number of fused-ring (bicyclic) bond motifs is 3. The van der Waals surface area contributed by atoms with E-state index in [-0.39, 0.29) is 35.0 Å². The number of phenolic OH excluding ortho intramolecular Hbond substituents is 1. The number of carbonyl (C=O) groups excluding carboxylic acids is 5. The number of ether oxygens (including phenoxy) is 6. The molecule has 69 heavy (non-hydrogen) atoms. The van der Waals surface area contributed by atoms with Gasteiger partial charge in [0.05, 0.1) is 96.0 Å². The number of amides is 4. The smallest absolute Gasteiger partial charge is 0.264 e. The molecule has 0 saturated carbocycles. The Morgan fingerprint density at radius 2 is 1.42 bits per heavy atom. The summed E-state index contributed by atoms with van der Waals surface area (Å²) in [6.45, 7) is 11.2. The molecule has 3 aromatic carbocycles. The quantitative estimate of drug-likeness (QED) is 0.0326. The fourth-order valence-electron chi connectivity index (χ4n) is 8.82. The zero-order valence-electron chi connectivity index (χ0n) is 39.1. The minimum atomic E-state index is -0.861. The van der Waals surface area contributed by atoms with Gasteiger partial charge in [-0.1, -0.05) is 36.9 Å². The van der Waals surface area contributed by atoms with Crippen LogP contribution in [0.3, 0.4) is 0 Å². The van der Waals surface area contributed by atoms with E-state index < -0.39 is 23.8 Å². The van der Waals surface area contributed by atoms with Crippen molar-refractivity contribution in [2.75, 3.05) is 116 Å². The van der Waals surface area contributed by atoms with Crippen molar-refractivity contribution in [2.24, 2.45) is 0 Å². The zero-order chi connectivity index (χ0) is 48.4. The molecule has 0 spiro atoms. The van der Waals surface area contributed by atoms with Crippen molar-refractivity contribution in [2.45, 2.75) is 50.2 Å². The van der Waals surface area contributed by atoms with Crippen molar-refractivity contribution in [1.29, 1.82) is 0 Å². The maximum atomic E-state index is 13.3. The second kappa shape index (κ2) is 26.0. The predicted molar refractivity (Wildman–Crippen MR) is 256 cm³/mol. The van der Waals surface area contributed by atoms with E-state index >= 15 is 0 Å². The first kappa shape index (κ1) is 50.7. The zero-order valence-corrected chi connectivity index (χ0v) is 39.1. The number of phenols is 1. The van der Waals surface area contributed by atoms with Crippen LogP contribution in [0.15, 0.2) is 91.3 Å². The average molecular weight is 953 g/mol. The molecule has 370 valence electrons. The van der Waals surface area contributed by atoms with Crippen LogP contribution in [0.1, 0.15) is 62.3 Å². The lowest BCUT2D eigenvalue weighted by atomic mass is 10.0. The molecule has 18 heteroatoms. The number of imide groups is 1. The van der Waals surface area contributed by atoms with Crippen molar-refractivity contribution in [3.05, 3.63) is 114 Å². The van der Waals surface area contributed by atoms with E-state index in [2.05, 4.69) is 56.6 Å². The fraction of sp³-hybridized carbons (Fsp3) is 0.471. The molecule has 4 aliphatic heterocycles. The predicted octanol–water partition coefficient (Wildman–Crippen LogP) is 3.70. The molecule has 3 fully saturated rings. The number of hydrogen-bond acceptors (Lipinski definition) is 15. The van der Waals surface area contributed by atoms with Gasteiger partial charge in [-0.15, -0.1) is 0 Å². The standard InChI is InChI=1S/C51H64N6O12/c1-36-12-13-44(49(61)54-36)57-50(62)42-9-5-10-43(48(42)51(57)63)52-18-21-65-23-25-67-27-29-69-31-30-68-28-26-66-24-22-64-20-16-47(60)53-17-14-37-6-4-7-38(32-37)56-35-39-33-40(56)34-55(39)19-15-46(59)41-8-2-3-11-45(41)58/h2-11,15,19,32,39-40,44,52,58H,1,12-14,16-18,20-31,33-35H2,(H,53,60)(H,54,61)/b19-15+/t39-,40-,44?/m1/s1. The summed E-state index contributed by atoms with van der Waals surface area (Å²) < 4.78 is 33.4. The number of aromatic hydroxyl groups is 1. The van der Waals surface area contributed by atoms with Crippen LogP contribution in [0.2, 0.25) is 0 Å². The highest BCUT2D eigenvalue weighted by atomic mass is 16.6. The van der Waals surface area contributed by atoms with E-state index in [4.69, 9.17) is 28.4 Å². The van der Waals surface area contributed by atoms with Gasteiger partial charge in [-0.2, -0.15) is 0 Å². The number of piperidine rings is 1. The number of rotatable bonds is 30. The summed E-state index contributed by atoms with van der Waals surface area (Å²) in [6, 6.07) is 19.9. The van der Waals surface area contributed by atoms with E-state index in [0.717, 1.165) is 36.4 Å². The monoisotopic (exact) mass is 952 g/mol. The molecule has 2 bridgehead atoms. The Morgan fingerprint density at radius 3 is 2.09 bits per heavy atom. The molecule has 4 heterocycles. The minimum Gasteiger partial charge on any atom is -0.507 e. The van der Waals surface area contributed by atoms with Crippen LogP contribution in [-0.4, -0.2) is 168 Å². The second-order valence-electron chi connectivity index (χ2n) is 17.1. The molecule has 0 aliphatic carbocycles. The lowest BCUT2D eigenvalue weighted by Crippen LogP contribution is -2.51. The molecule has 3 saturated heterocycles. The molecule has 4 aliphatic rings. The Morgan fingerprint density at radius 1 is 0.754 bits per heavy atom. The Labute approximate surface area is 402 Å². The van der Waals surface area contributed by atoms with Gasteiger partial charge in [0.15, 0.2) is 5.78 Å². The van der Waals surface area contributed by atoms with Crippen molar-refractivity contribution < 1.29 is 57.5 Å². The summed E-state index contributed by atoms with van der Waals surface area (Å²) in [6.07, 6.45) is 6.28. The molecule has 4 N–H and O–H groups in total. The summed E-state index contributed by atoms with van der Waals surface area (Å²) in [5.74, 6) is -1.64. The Hall–Kier alpha value is -6.15. The third-order valence-electron chi connectivity index (χ3n) is 12.3. The summed E-state index contributed by atoms with van der Waals surface area (Å²) >= 11 is 0. The molecule has 7 rings (SSSR count). The third-order valence-corrected chi connectivity index (χ3v) is 12.3. The number of ketones is 1. The van der Waals surface area contributed by atoms with Gasteiger partial charge in [-0.05, 0) is 67.6 Å². The van der Waals surface area contributed by atoms with Gasteiger partial charge >= 0.3 is 0 Å². The van der Waals surface area contributed by atoms with Crippen LogP contribution >= 0.6 is 0 Å². The average Bonchev–Trinajstić information content (AvgIpc) is 4.03. The summed E-state index contributed by atoms with van der Waals surface area (Å²) in [4.78, 5) is 69.5. The SMILES string of the molecule is C=C1CCC(N2C(=O)c3cccc(NCCOCCOCCOCCOCCOCCOCCC(=O)NCCc4cccc(N5C[C@H]6C[C@@H]5CN6/C=C/C(=O)c5ccccc5O)c4)c3C2=O)C(=O)N1. The molecule has 0 radical (unpaired) electrons. The van der Waals surface area contributed by atoms with Gasteiger partial charge < -0.3 is 59.3 Å². The van der Waals surface area contributed by atoms with Crippen LogP contribution in [0.5, 0.6) is 5.75 Å². The minimum absolute atomic E-state index is 0.0101. The van der Waals surface area contributed by atoms with E-state index in [1.54, 1.807) is 42.5 Å². The van der Waals surface area contributed by atoms with Gasteiger partial charge in [0, 0.05) is 74.0 Å². The Balaban J connectivity index is 0.621. The normalized spacial score (nSPS) is 18.7. The summed E-state index contributed by atoms with van der Waals surface area (Å²) in [5, 5.41) is 18.8. The number of piperazine rings is 1. The largest absolute Gasteiger partial charge is 0.507 e. The van der Waals surface area contributed by atoms with E-state index in [1.165, 1.54) is 11.8 Å². The topological polar surface area (TPSA) is 207 Å². The number of carbonyl (C=O) groups is 5. The number of anilines is 2. The molecule has 0 aromatic heterocycles. The number of benzene rings is 3. The van der Waals surface area contributed by atoms with Gasteiger partial charge in [0.1, 0.15) is 11.8 Å². The van der Waals surface area contributed by atoms with E-state index in [0.29, 0.717) is 134 Å². The highest BCUT2D eigenvalue weighted by molar-refractivity contribution is 6.25. The molecule has 3 aromatic rings. The lowest BCUT2D eigenvalue weighted by molar-refractivity contribution is -0.125. The van der Waals surface area contributed by atoms with Crippen LogP contribution < -0.4 is 20.9 Å². The first-order valence-corrected chi connectivity index (χ1v) is 23.8. The first-order chi connectivity index (χ1) is 33.7. The van der Waals surface area contributed by atoms with Gasteiger partial charge in [-0.25, -0.2) is 0 Å². The summed E-state index contributed by atoms with van der Waals surface area (Å²) in [7, 11) is 0. The molecule has 3 atom stereocenters. The number of hydrogen-bond donors (Lipinski definition) is 4. The molecule has 4 amide bonds. The maximum Gasteiger partial charge on any atom is 0.264 e. The number of allylic oxidation sites excluding steroid dienone is 2. The lowest BCUT2D eigenvalue weighted by Gasteiger charge is -2.35. The Bertz CT molecular complexity index is 2290. The molecular formula is C51H64N6O12. The van der Waals surface area contributed by atoms with Crippen molar-refractivity contribution in [3.63, 3.8) is 0 Å². The number of nitrogens with one attached hydrogen (secondary N) is 3. The highest BCUT2D eigenvalue weighted by Gasteiger charge is 2.45. The highest BCUT2D eigenvalue weighted by Crippen LogP contribution is 2.36. The summed E-state index contributed by atoms with van der Waals surface area (Å²) in [5.41, 5.74) is 4.26. The van der Waals surface area contributed by atoms with Gasteiger partial charge in [0.2, 0.25) is 11.8 Å². The van der Waals surface area contributed by atoms with Gasteiger partial charge in [0.25, 0.3) is 11.8 Å². The Kier molecular flexibility index (Phi) is 19.1. The molecule has 18 nitrogen and oxygen atoms in total. The van der Waals surface area contributed by atoms with Crippen LogP contribution in [0, 0.1) is 0 Å². The van der Waals surface area contributed by atoms with Crippen molar-refractivity contribution >= 4 is 40.8 Å². The number of likely N-dealkylation sites (tertiary alicyclic amines) is 1. The molecular weight excluding hydrogens is 889 g/mol. The van der Waals surface area contributed by atoms with Crippen molar-refractivity contribution in [1.82, 2.24) is 20.4 Å². The van der Waals surface area contributed by atoms with Gasteiger partial charge in [-0.3, -0.25) is 28.9 Å². The van der Waals surface area contributed by atoms with E-state index in [9.17, 15) is 29.1 Å².